The molecule has 0 spiro atoms. The number of methoxy groups -OCH3 is 2. The first-order valence-corrected chi connectivity index (χ1v) is 7.13. The Bertz CT molecular complexity index is 461. The Morgan fingerprint density at radius 3 is 3.00 bits per heavy atom. The molecule has 0 radical (unpaired) electrons. The first-order valence-electron chi connectivity index (χ1n) is 7.13. The van der Waals surface area contributed by atoms with Crippen LogP contribution in [0.15, 0.2) is 6.20 Å². The molecule has 118 valence electrons. The molecule has 0 aliphatic carbocycles. The van der Waals surface area contributed by atoms with E-state index in [1.807, 2.05) is 11.9 Å². The quantitative estimate of drug-likeness (QED) is 0.749. The number of anilines is 1. The van der Waals surface area contributed by atoms with Gasteiger partial charge >= 0.3 is 0 Å². The maximum absolute atomic E-state index is 13.3. The van der Waals surface area contributed by atoms with Gasteiger partial charge in [-0.05, 0) is 18.9 Å². The van der Waals surface area contributed by atoms with Crippen LogP contribution in [0.5, 0.6) is 5.88 Å². The molecule has 6 nitrogen and oxygen atoms in total. The molecule has 1 fully saturated rings. The van der Waals surface area contributed by atoms with Gasteiger partial charge in [0.25, 0.3) is 5.88 Å². The van der Waals surface area contributed by atoms with Gasteiger partial charge in [0, 0.05) is 33.8 Å². The molecule has 7 heteroatoms. The van der Waals surface area contributed by atoms with E-state index in [0.717, 1.165) is 45.4 Å². The molecule has 21 heavy (non-hydrogen) atoms. The molecule has 1 aromatic rings. The minimum Gasteiger partial charge on any atom is -0.479 e. The van der Waals surface area contributed by atoms with E-state index in [0.29, 0.717) is 11.9 Å². The van der Waals surface area contributed by atoms with Crippen molar-refractivity contribution in [2.24, 2.45) is 5.92 Å². The van der Waals surface area contributed by atoms with Gasteiger partial charge in [0.2, 0.25) is 11.8 Å². The van der Waals surface area contributed by atoms with E-state index in [2.05, 4.69) is 14.9 Å². The third-order valence-corrected chi connectivity index (χ3v) is 3.75. The summed E-state index contributed by atoms with van der Waals surface area (Å²) < 4.78 is 23.3. The summed E-state index contributed by atoms with van der Waals surface area (Å²) in [5.41, 5.74) is 0. The zero-order chi connectivity index (χ0) is 15.2. The fourth-order valence-corrected chi connectivity index (χ4v) is 2.62. The molecule has 1 aliphatic heterocycles. The Morgan fingerprint density at radius 2 is 2.29 bits per heavy atom. The van der Waals surface area contributed by atoms with Crippen LogP contribution >= 0.6 is 0 Å². The van der Waals surface area contributed by atoms with Crippen LogP contribution in [-0.2, 0) is 4.74 Å². The zero-order valence-electron chi connectivity index (χ0n) is 12.9. The molecular weight excluding hydrogens is 275 g/mol. The average molecular weight is 298 g/mol. The number of ether oxygens (including phenoxy) is 2. The summed E-state index contributed by atoms with van der Waals surface area (Å²) in [4.78, 5) is 12.5. The summed E-state index contributed by atoms with van der Waals surface area (Å²) >= 11 is 0. The summed E-state index contributed by atoms with van der Waals surface area (Å²) in [7, 11) is 5.05. The summed E-state index contributed by atoms with van der Waals surface area (Å²) in [5, 5.41) is 0. The van der Waals surface area contributed by atoms with E-state index in [4.69, 9.17) is 9.47 Å². The van der Waals surface area contributed by atoms with Crippen LogP contribution in [0.1, 0.15) is 6.42 Å². The number of aromatic nitrogens is 2. The summed E-state index contributed by atoms with van der Waals surface area (Å²) in [6, 6.07) is 0. The Morgan fingerprint density at radius 1 is 1.48 bits per heavy atom. The van der Waals surface area contributed by atoms with Gasteiger partial charge in [0.15, 0.2) is 0 Å². The second kappa shape index (κ2) is 7.51. The van der Waals surface area contributed by atoms with Gasteiger partial charge in [-0.15, -0.1) is 0 Å². The van der Waals surface area contributed by atoms with Crippen LogP contribution in [0, 0.1) is 11.7 Å². The molecule has 0 aromatic carbocycles. The summed E-state index contributed by atoms with van der Waals surface area (Å²) in [5.74, 6) is 0.497. The summed E-state index contributed by atoms with van der Waals surface area (Å²) in [6.07, 6.45) is 2.30. The Labute approximate surface area is 124 Å². The van der Waals surface area contributed by atoms with Crippen LogP contribution in [0.2, 0.25) is 0 Å². The highest BCUT2D eigenvalue weighted by Crippen LogP contribution is 2.20. The fraction of sp³-hybridized carbons (Fsp3) is 0.714. The van der Waals surface area contributed by atoms with E-state index in [1.165, 1.54) is 7.11 Å². The standard InChI is InChI=1S/C14H23FN4O2/c1-18(14-16-8-12(15)13(17-14)21-3)9-11-4-5-19(10-11)6-7-20-2/h8,11H,4-7,9-10H2,1-3H3. The second-order valence-corrected chi connectivity index (χ2v) is 5.36. The van der Waals surface area contributed by atoms with Crippen molar-refractivity contribution in [3.63, 3.8) is 0 Å². The molecular formula is C14H23FN4O2. The SMILES string of the molecule is COCCN1CCC(CN(C)c2ncc(F)c(OC)n2)C1. The molecule has 0 bridgehead atoms. The number of halogens is 1. The first kappa shape index (κ1) is 15.9. The van der Waals surface area contributed by atoms with Gasteiger partial charge in [-0.2, -0.15) is 9.37 Å². The molecule has 0 saturated carbocycles. The predicted octanol–water partition coefficient (Wildman–Crippen LogP) is 1.03. The highest BCUT2D eigenvalue weighted by molar-refractivity contribution is 5.31. The van der Waals surface area contributed by atoms with Gasteiger partial charge in [0.05, 0.1) is 19.9 Å². The minimum absolute atomic E-state index is 0.0139. The van der Waals surface area contributed by atoms with Crippen molar-refractivity contribution in [1.82, 2.24) is 14.9 Å². The van der Waals surface area contributed by atoms with Gasteiger partial charge in [-0.25, -0.2) is 4.98 Å². The molecule has 2 heterocycles. The molecule has 1 atom stereocenters. The number of likely N-dealkylation sites (tertiary alicyclic amines) is 1. The van der Waals surface area contributed by atoms with E-state index in [1.54, 1.807) is 7.11 Å². The third kappa shape index (κ3) is 4.25. The Kier molecular flexibility index (Phi) is 5.69. The van der Waals surface area contributed by atoms with Crippen molar-refractivity contribution in [2.45, 2.75) is 6.42 Å². The van der Waals surface area contributed by atoms with E-state index < -0.39 is 5.82 Å². The normalized spacial score (nSPS) is 19.0. The lowest BCUT2D eigenvalue weighted by Gasteiger charge is -2.22. The maximum Gasteiger partial charge on any atom is 0.255 e. The van der Waals surface area contributed by atoms with Crippen molar-refractivity contribution >= 4 is 5.95 Å². The largest absolute Gasteiger partial charge is 0.479 e. The first-order chi connectivity index (χ1) is 10.1. The van der Waals surface area contributed by atoms with Crippen molar-refractivity contribution in [3.8, 4) is 5.88 Å². The molecule has 1 aliphatic rings. The smallest absolute Gasteiger partial charge is 0.255 e. The minimum atomic E-state index is -0.541. The molecule has 1 aromatic heterocycles. The lowest BCUT2D eigenvalue weighted by Crippen LogP contribution is -2.30. The van der Waals surface area contributed by atoms with Crippen molar-refractivity contribution < 1.29 is 13.9 Å². The van der Waals surface area contributed by atoms with Gasteiger partial charge < -0.3 is 19.3 Å². The van der Waals surface area contributed by atoms with E-state index in [-0.39, 0.29) is 5.88 Å². The van der Waals surface area contributed by atoms with Gasteiger partial charge in [-0.3, -0.25) is 0 Å². The number of hydrogen-bond donors (Lipinski definition) is 0. The van der Waals surface area contributed by atoms with E-state index >= 15 is 0 Å². The van der Waals surface area contributed by atoms with Gasteiger partial charge in [-0.1, -0.05) is 0 Å². The van der Waals surface area contributed by atoms with Crippen molar-refractivity contribution in [3.05, 3.63) is 12.0 Å². The number of rotatable bonds is 7. The Balaban J connectivity index is 1.88. The lowest BCUT2D eigenvalue weighted by molar-refractivity contribution is 0.159. The van der Waals surface area contributed by atoms with Crippen molar-refractivity contribution in [2.75, 3.05) is 59.0 Å². The topological polar surface area (TPSA) is 50.7 Å². The number of nitrogens with zero attached hydrogens (tertiary/aromatic N) is 4. The second-order valence-electron chi connectivity index (χ2n) is 5.36. The Hall–Kier alpha value is -1.47. The van der Waals surface area contributed by atoms with Crippen LogP contribution in [0.4, 0.5) is 10.3 Å². The van der Waals surface area contributed by atoms with Crippen LogP contribution < -0.4 is 9.64 Å². The zero-order valence-corrected chi connectivity index (χ0v) is 12.9. The lowest BCUT2D eigenvalue weighted by atomic mass is 10.1. The molecule has 1 unspecified atom stereocenters. The third-order valence-electron chi connectivity index (χ3n) is 3.75. The predicted molar refractivity (Wildman–Crippen MR) is 78.2 cm³/mol. The van der Waals surface area contributed by atoms with Crippen molar-refractivity contribution in [1.29, 1.82) is 0 Å². The molecule has 2 rings (SSSR count). The van der Waals surface area contributed by atoms with E-state index in [9.17, 15) is 4.39 Å². The molecule has 0 amide bonds. The number of hydrogen-bond acceptors (Lipinski definition) is 6. The highest BCUT2D eigenvalue weighted by atomic mass is 19.1. The van der Waals surface area contributed by atoms with Crippen LogP contribution in [0.3, 0.4) is 0 Å². The van der Waals surface area contributed by atoms with Crippen LogP contribution in [-0.4, -0.2) is 68.9 Å². The molecule has 0 N–H and O–H groups in total. The highest BCUT2D eigenvalue weighted by Gasteiger charge is 2.24. The summed E-state index contributed by atoms with van der Waals surface area (Å²) in [6.45, 7) is 4.72. The maximum atomic E-state index is 13.3. The van der Waals surface area contributed by atoms with Gasteiger partial charge in [0.1, 0.15) is 0 Å². The molecule has 1 saturated heterocycles. The average Bonchev–Trinajstić information content (AvgIpc) is 2.93. The van der Waals surface area contributed by atoms with Crippen LogP contribution in [0.25, 0.3) is 0 Å². The monoisotopic (exact) mass is 298 g/mol. The fourth-order valence-electron chi connectivity index (χ4n) is 2.62.